The first-order valence-electron chi connectivity index (χ1n) is 6.98. The first-order chi connectivity index (χ1) is 10.8. The number of benzene rings is 2. The van der Waals surface area contributed by atoms with Crippen molar-refractivity contribution in [1.82, 2.24) is 0 Å². The number of nitrogens with two attached hydrogens (primary N) is 1. The van der Waals surface area contributed by atoms with E-state index < -0.39 is 14.9 Å². The van der Waals surface area contributed by atoms with Gasteiger partial charge in [-0.15, -0.1) is 0 Å². The van der Waals surface area contributed by atoms with Gasteiger partial charge in [-0.3, -0.25) is 10.1 Å². The lowest BCUT2D eigenvalue weighted by Gasteiger charge is -2.30. The second-order valence-corrected chi connectivity index (χ2v) is 6.99. The number of fused-ring (bicyclic) bond motifs is 1. The number of sulfonamides is 1. The second-order valence-electron chi connectivity index (χ2n) is 5.43. The Morgan fingerprint density at radius 2 is 1.83 bits per heavy atom. The molecule has 8 heteroatoms. The van der Waals surface area contributed by atoms with Gasteiger partial charge in [0.25, 0.3) is 5.69 Å². The SMILES string of the molecule is NS(=O)(=O)c1cc(N2CCc3ccccc3C2)cc([N+](=O)[O-])c1. The second kappa shape index (κ2) is 5.64. The predicted octanol–water partition coefficient (Wildman–Crippen LogP) is 1.80. The summed E-state index contributed by atoms with van der Waals surface area (Å²) in [5, 5.41) is 16.2. The van der Waals surface area contributed by atoms with Crippen LogP contribution in [0.3, 0.4) is 0 Å². The molecule has 23 heavy (non-hydrogen) atoms. The van der Waals surface area contributed by atoms with Gasteiger partial charge < -0.3 is 4.90 Å². The van der Waals surface area contributed by atoms with E-state index in [0.29, 0.717) is 18.8 Å². The minimum absolute atomic E-state index is 0.249. The Labute approximate surface area is 133 Å². The molecule has 1 heterocycles. The van der Waals surface area contributed by atoms with E-state index in [0.717, 1.165) is 18.1 Å². The third kappa shape index (κ3) is 3.17. The number of rotatable bonds is 3. The van der Waals surface area contributed by atoms with Crippen LogP contribution >= 0.6 is 0 Å². The molecule has 7 nitrogen and oxygen atoms in total. The largest absolute Gasteiger partial charge is 0.367 e. The van der Waals surface area contributed by atoms with Crippen LogP contribution < -0.4 is 10.0 Å². The Kier molecular flexibility index (Phi) is 3.78. The van der Waals surface area contributed by atoms with Crippen LogP contribution in [0.15, 0.2) is 47.4 Å². The van der Waals surface area contributed by atoms with Crippen molar-refractivity contribution >= 4 is 21.4 Å². The van der Waals surface area contributed by atoms with Crippen LogP contribution in [-0.2, 0) is 23.0 Å². The lowest BCUT2D eigenvalue weighted by Crippen LogP contribution is -2.30. The smallest absolute Gasteiger partial charge is 0.272 e. The average molecular weight is 333 g/mol. The van der Waals surface area contributed by atoms with Crippen LogP contribution in [0, 0.1) is 10.1 Å². The molecule has 0 radical (unpaired) electrons. The first kappa shape index (κ1) is 15.4. The molecule has 0 fully saturated rings. The maximum absolute atomic E-state index is 11.6. The molecule has 0 atom stereocenters. The van der Waals surface area contributed by atoms with Gasteiger partial charge in [-0.05, 0) is 23.6 Å². The molecule has 2 N–H and O–H groups in total. The number of nitro groups is 1. The number of nitrogens with zero attached hydrogens (tertiary/aromatic N) is 2. The van der Waals surface area contributed by atoms with E-state index in [1.54, 1.807) is 0 Å². The van der Waals surface area contributed by atoms with Crippen molar-refractivity contribution in [2.24, 2.45) is 5.14 Å². The summed E-state index contributed by atoms with van der Waals surface area (Å²) < 4.78 is 23.2. The Morgan fingerprint density at radius 3 is 2.48 bits per heavy atom. The number of nitro benzene ring substituents is 1. The molecule has 2 aromatic rings. The third-order valence-electron chi connectivity index (χ3n) is 3.91. The van der Waals surface area contributed by atoms with Crippen LogP contribution in [0.1, 0.15) is 11.1 Å². The van der Waals surface area contributed by atoms with Crippen LogP contribution in [0.25, 0.3) is 0 Å². The van der Waals surface area contributed by atoms with E-state index in [9.17, 15) is 18.5 Å². The van der Waals surface area contributed by atoms with Crippen molar-refractivity contribution in [2.75, 3.05) is 11.4 Å². The van der Waals surface area contributed by atoms with Gasteiger partial charge in [-0.1, -0.05) is 24.3 Å². The summed E-state index contributed by atoms with van der Waals surface area (Å²) in [7, 11) is -4.01. The van der Waals surface area contributed by atoms with Crippen LogP contribution in [0.2, 0.25) is 0 Å². The topological polar surface area (TPSA) is 107 Å². The zero-order valence-electron chi connectivity index (χ0n) is 12.2. The highest BCUT2D eigenvalue weighted by molar-refractivity contribution is 7.89. The number of primary sulfonamides is 1. The normalized spacial score (nSPS) is 14.4. The quantitative estimate of drug-likeness (QED) is 0.681. The highest BCUT2D eigenvalue weighted by atomic mass is 32.2. The molecular formula is C15H15N3O4S. The van der Waals surface area contributed by atoms with E-state index in [1.165, 1.54) is 17.7 Å². The molecule has 0 unspecified atom stereocenters. The number of hydrogen-bond acceptors (Lipinski definition) is 5. The van der Waals surface area contributed by atoms with E-state index in [2.05, 4.69) is 6.07 Å². The van der Waals surface area contributed by atoms with Crippen molar-refractivity contribution in [2.45, 2.75) is 17.9 Å². The molecule has 2 aromatic carbocycles. The summed E-state index contributed by atoms with van der Waals surface area (Å²) in [5.74, 6) is 0. The Bertz CT molecular complexity index is 880. The lowest BCUT2D eigenvalue weighted by molar-refractivity contribution is -0.385. The van der Waals surface area contributed by atoms with Gasteiger partial charge in [-0.25, -0.2) is 13.6 Å². The summed E-state index contributed by atoms with van der Waals surface area (Å²) in [6.45, 7) is 1.23. The summed E-state index contributed by atoms with van der Waals surface area (Å²) in [4.78, 5) is 12.1. The zero-order valence-corrected chi connectivity index (χ0v) is 13.0. The highest BCUT2D eigenvalue weighted by Crippen LogP contribution is 2.30. The fraction of sp³-hybridized carbons (Fsp3) is 0.200. The summed E-state index contributed by atoms with van der Waals surface area (Å²) >= 11 is 0. The van der Waals surface area contributed by atoms with Crippen LogP contribution in [0.4, 0.5) is 11.4 Å². The molecular weight excluding hydrogens is 318 g/mol. The highest BCUT2D eigenvalue weighted by Gasteiger charge is 2.21. The minimum atomic E-state index is -4.01. The van der Waals surface area contributed by atoms with Gasteiger partial charge in [0.15, 0.2) is 0 Å². The van der Waals surface area contributed by atoms with Gasteiger partial charge in [0.2, 0.25) is 10.0 Å². The van der Waals surface area contributed by atoms with E-state index in [4.69, 9.17) is 5.14 Å². The van der Waals surface area contributed by atoms with Gasteiger partial charge in [0.1, 0.15) is 0 Å². The molecule has 0 aliphatic carbocycles. The van der Waals surface area contributed by atoms with Crippen molar-refractivity contribution < 1.29 is 13.3 Å². The van der Waals surface area contributed by atoms with Gasteiger partial charge in [0.05, 0.1) is 9.82 Å². The van der Waals surface area contributed by atoms with Crippen LogP contribution in [-0.4, -0.2) is 19.9 Å². The molecule has 0 amide bonds. The summed E-state index contributed by atoms with van der Waals surface area (Å²) in [6, 6.07) is 11.7. The summed E-state index contributed by atoms with van der Waals surface area (Å²) in [5.41, 5.74) is 2.56. The van der Waals surface area contributed by atoms with Crippen molar-refractivity contribution in [1.29, 1.82) is 0 Å². The van der Waals surface area contributed by atoms with Crippen molar-refractivity contribution in [3.63, 3.8) is 0 Å². The third-order valence-corrected chi connectivity index (χ3v) is 4.80. The lowest BCUT2D eigenvalue weighted by atomic mass is 9.99. The number of non-ortho nitro benzene ring substituents is 1. The monoisotopic (exact) mass is 333 g/mol. The maximum atomic E-state index is 11.6. The molecule has 0 spiro atoms. The van der Waals surface area contributed by atoms with Crippen molar-refractivity contribution in [3.05, 3.63) is 63.7 Å². The van der Waals surface area contributed by atoms with E-state index >= 15 is 0 Å². The summed E-state index contributed by atoms with van der Waals surface area (Å²) in [6.07, 6.45) is 0.795. The standard InChI is InChI=1S/C15H15N3O4S/c16-23(21,22)15-8-13(7-14(9-15)18(19)20)17-6-5-11-3-1-2-4-12(11)10-17/h1-4,7-9H,5-6,10H2,(H2,16,21,22). The molecule has 1 aliphatic rings. The molecule has 3 rings (SSSR count). The number of anilines is 1. The molecule has 0 saturated carbocycles. The zero-order chi connectivity index (χ0) is 16.6. The Balaban J connectivity index is 2.03. The Morgan fingerprint density at radius 1 is 1.13 bits per heavy atom. The van der Waals surface area contributed by atoms with Gasteiger partial charge in [0, 0.05) is 30.9 Å². The number of hydrogen-bond donors (Lipinski definition) is 1. The maximum Gasteiger partial charge on any atom is 0.272 e. The molecule has 1 aliphatic heterocycles. The Hall–Kier alpha value is -2.45. The van der Waals surface area contributed by atoms with Crippen LogP contribution in [0.5, 0.6) is 0 Å². The average Bonchev–Trinajstić information content (AvgIpc) is 2.53. The first-order valence-corrected chi connectivity index (χ1v) is 8.53. The molecule has 0 bridgehead atoms. The van der Waals surface area contributed by atoms with Crippen molar-refractivity contribution in [3.8, 4) is 0 Å². The predicted molar refractivity (Wildman–Crippen MR) is 85.7 cm³/mol. The molecule has 0 saturated heterocycles. The molecule has 0 aromatic heterocycles. The van der Waals surface area contributed by atoms with E-state index in [-0.39, 0.29) is 10.6 Å². The fourth-order valence-electron chi connectivity index (χ4n) is 2.74. The fourth-order valence-corrected chi connectivity index (χ4v) is 3.31. The van der Waals surface area contributed by atoms with Gasteiger partial charge >= 0.3 is 0 Å². The van der Waals surface area contributed by atoms with E-state index in [1.807, 2.05) is 23.1 Å². The molecule has 120 valence electrons. The minimum Gasteiger partial charge on any atom is -0.367 e. The van der Waals surface area contributed by atoms with Gasteiger partial charge in [-0.2, -0.15) is 0 Å².